The predicted octanol–water partition coefficient (Wildman–Crippen LogP) is 3.38. The van der Waals surface area contributed by atoms with Crippen LogP contribution in [0.1, 0.15) is 36.8 Å². The standard InChI is InChI=1S/C22H21N5O2S.ClH/c23-11-14-12-25-18-4-1-13(9-17(18)20(14)29-16-5-7-24-8-6-16)10-19-21(28)27-22(30-19)26-15-2-3-15;/h1,4,9-10,12,15-16,24H,2-3,5-8H2,(H,26,27,28);1H/b19-10-;. The number of thioether (sulfide) groups is 1. The van der Waals surface area contributed by atoms with E-state index in [9.17, 15) is 10.1 Å². The molecule has 1 saturated carbocycles. The third-order valence-electron chi connectivity index (χ3n) is 5.33. The quantitative estimate of drug-likeness (QED) is 0.685. The van der Waals surface area contributed by atoms with Gasteiger partial charge in [0.15, 0.2) is 5.17 Å². The minimum Gasteiger partial charge on any atom is -0.488 e. The van der Waals surface area contributed by atoms with E-state index in [1.165, 1.54) is 11.8 Å². The number of pyridine rings is 1. The highest BCUT2D eigenvalue weighted by atomic mass is 35.5. The highest BCUT2D eigenvalue weighted by Gasteiger charge is 2.28. The third-order valence-corrected chi connectivity index (χ3v) is 6.25. The lowest BCUT2D eigenvalue weighted by Gasteiger charge is -2.25. The van der Waals surface area contributed by atoms with Crippen LogP contribution in [0, 0.1) is 11.3 Å². The number of aromatic nitrogens is 1. The van der Waals surface area contributed by atoms with Gasteiger partial charge in [0.05, 0.1) is 16.5 Å². The summed E-state index contributed by atoms with van der Waals surface area (Å²) in [7, 11) is 0. The summed E-state index contributed by atoms with van der Waals surface area (Å²) < 4.78 is 6.28. The molecule has 3 aliphatic rings. The van der Waals surface area contributed by atoms with Crippen LogP contribution in [-0.4, -0.2) is 41.3 Å². The maximum Gasteiger partial charge on any atom is 0.264 e. The minimum absolute atomic E-state index is 0. The van der Waals surface area contributed by atoms with E-state index < -0.39 is 0 Å². The van der Waals surface area contributed by atoms with Crippen LogP contribution >= 0.6 is 24.2 Å². The minimum atomic E-state index is -0.130. The Morgan fingerprint density at radius 3 is 2.81 bits per heavy atom. The van der Waals surface area contributed by atoms with Crippen molar-refractivity contribution in [1.82, 2.24) is 15.6 Å². The Morgan fingerprint density at radius 1 is 1.26 bits per heavy atom. The number of benzene rings is 1. The fraction of sp³-hybridized carbons (Fsp3) is 0.364. The van der Waals surface area contributed by atoms with Gasteiger partial charge in [0, 0.05) is 11.6 Å². The smallest absolute Gasteiger partial charge is 0.264 e. The summed E-state index contributed by atoms with van der Waals surface area (Å²) in [6, 6.07) is 8.33. The number of aliphatic imine (C=N–C) groups is 1. The molecular weight excluding hydrogens is 434 g/mol. The van der Waals surface area contributed by atoms with Crippen molar-refractivity contribution in [3.05, 3.63) is 40.4 Å². The van der Waals surface area contributed by atoms with Crippen molar-refractivity contribution in [3.63, 3.8) is 0 Å². The van der Waals surface area contributed by atoms with Gasteiger partial charge >= 0.3 is 0 Å². The fourth-order valence-corrected chi connectivity index (χ4v) is 4.46. The van der Waals surface area contributed by atoms with Gasteiger partial charge in [-0.15, -0.1) is 12.4 Å². The number of nitriles is 1. The van der Waals surface area contributed by atoms with Crippen LogP contribution in [0.3, 0.4) is 0 Å². The molecule has 0 unspecified atom stereocenters. The number of nitrogens with one attached hydrogen (secondary N) is 2. The molecule has 2 N–H and O–H groups in total. The molecule has 31 heavy (non-hydrogen) atoms. The first-order valence-electron chi connectivity index (χ1n) is 10.2. The molecular formula is C22H22ClN5O2S. The summed E-state index contributed by atoms with van der Waals surface area (Å²) in [4.78, 5) is 21.9. The average molecular weight is 456 g/mol. The van der Waals surface area contributed by atoms with Crippen LogP contribution in [0.15, 0.2) is 34.3 Å². The SMILES string of the molecule is Cl.N#Cc1cnc2ccc(/C=C3\SC(=NC4CC4)NC3=O)cc2c1OC1CCNCC1. The number of hydrogen-bond donors (Lipinski definition) is 2. The largest absolute Gasteiger partial charge is 0.488 e. The van der Waals surface area contributed by atoms with Gasteiger partial charge < -0.3 is 15.4 Å². The van der Waals surface area contributed by atoms with Gasteiger partial charge in [-0.05, 0) is 74.3 Å². The van der Waals surface area contributed by atoms with Gasteiger partial charge in [0.1, 0.15) is 23.5 Å². The Kier molecular flexibility index (Phi) is 6.46. The molecule has 0 atom stereocenters. The Labute approximate surface area is 190 Å². The van der Waals surface area contributed by atoms with E-state index in [1.54, 1.807) is 6.20 Å². The zero-order valence-electron chi connectivity index (χ0n) is 16.8. The van der Waals surface area contributed by atoms with Gasteiger partial charge in [-0.1, -0.05) is 6.07 Å². The van der Waals surface area contributed by atoms with Gasteiger partial charge in [-0.3, -0.25) is 14.8 Å². The zero-order chi connectivity index (χ0) is 20.5. The molecule has 2 saturated heterocycles. The van der Waals surface area contributed by atoms with Gasteiger partial charge in [0.25, 0.3) is 5.91 Å². The molecule has 1 amide bonds. The van der Waals surface area contributed by atoms with Crippen molar-refractivity contribution < 1.29 is 9.53 Å². The van der Waals surface area contributed by atoms with Crippen LogP contribution in [0.2, 0.25) is 0 Å². The van der Waals surface area contributed by atoms with E-state index in [2.05, 4.69) is 26.7 Å². The van der Waals surface area contributed by atoms with Crippen LogP contribution in [0.5, 0.6) is 5.75 Å². The number of ether oxygens (including phenoxy) is 1. The molecule has 0 bridgehead atoms. The summed E-state index contributed by atoms with van der Waals surface area (Å²) in [5.74, 6) is 0.448. The number of hydrogen-bond acceptors (Lipinski definition) is 7. The second-order valence-corrected chi connectivity index (χ2v) is 8.72. The Balaban J connectivity index is 0.00000231. The molecule has 7 nitrogen and oxygen atoms in total. The van der Waals surface area contributed by atoms with E-state index in [-0.39, 0.29) is 24.4 Å². The maximum absolute atomic E-state index is 12.3. The molecule has 2 aromatic rings. The highest BCUT2D eigenvalue weighted by molar-refractivity contribution is 8.18. The number of carbonyl (C=O) groups excluding carboxylic acids is 1. The van der Waals surface area contributed by atoms with E-state index in [0.717, 1.165) is 55.2 Å². The Bertz CT molecular complexity index is 1120. The molecule has 1 aliphatic carbocycles. The normalized spacial score (nSPS) is 21.7. The van der Waals surface area contributed by atoms with Crippen LogP contribution in [0.25, 0.3) is 17.0 Å². The van der Waals surface area contributed by atoms with E-state index in [1.807, 2.05) is 24.3 Å². The lowest BCUT2D eigenvalue weighted by Crippen LogP contribution is -2.34. The van der Waals surface area contributed by atoms with E-state index in [4.69, 9.17) is 4.74 Å². The third kappa shape index (κ3) is 4.85. The first-order chi connectivity index (χ1) is 14.7. The molecule has 1 aromatic heterocycles. The molecule has 2 aliphatic heterocycles. The van der Waals surface area contributed by atoms with Crippen molar-refractivity contribution in [1.29, 1.82) is 5.26 Å². The molecule has 3 heterocycles. The molecule has 0 spiro atoms. The lowest BCUT2D eigenvalue weighted by molar-refractivity contribution is -0.115. The number of piperidine rings is 1. The zero-order valence-corrected chi connectivity index (χ0v) is 18.4. The fourth-order valence-electron chi connectivity index (χ4n) is 3.57. The predicted molar refractivity (Wildman–Crippen MR) is 124 cm³/mol. The van der Waals surface area contributed by atoms with Crippen molar-refractivity contribution in [2.75, 3.05) is 13.1 Å². The second kappa shape index (κ2) is 9.27. The van der Waals surface area contributed by atoms with Crippen LogP contribution < -0.4 is 15.4 Å². The maximum atomic E-state index is 12.3. The monoisotopic (exact) mass is 455 g/mol. The summed E-state index contributed by atoms with van der Waals surface area (Å²) in [5.41, 5.74) is 2.05. The molecule has 160 valence electrons. The van der Waals surface area contributed by atoms with Gasteiger partial charge in [0.2, 0.25) is 0 Å². The van der Waals surface area contributed by atoms with E-state index in [0.29, 0.717) is 27.4 Å². The lowest BCUT2D eigenvalue weighted by atomic mass is 10.1. The number of amides is 1. The first-order valence-corrected chi connectivity index (χ1v) is 11.0. The summed E-state index contributed by atoms with van der Waals surface area (Å²) in [5, 5.41) is 17.2. The number of rotatable bonds is 4. The second-order valence-electron chi connectivity index (χ2n) is 7.69. The topological polar surface area (TPSA) is 99.4 Å². The van der Waals surface area contributed by atoms with Crippen molar-refractivity contribution in [2.24, 2.45) is 4.99 Å². The van der Waals surface area contributed by atoms with Gasteiger partial charge in [-0.25, -0.2) is 0 Å². The summed E-state index contributed by atoms with van der Waals surface area (Å²) in [6.07, 6.45) is 7.48. The Hall–Kier alpha value is -2.60. The van der Waals surface area contributed by atoms with Crippen molar-refractivity contribution in [3.8, 4) is 11.8 Å². The summed E-state index contributed by atoms with van der Waals surface area (Å²) in [6.45, 7) is 1.81. The number of nitrogens with zero attached hydrogens (tertiary/aromatic N) is 3. The molecule has 5 rings (SSSR count). The summed E-state index contributed by atoms with van der Waals surface area (Å²) >= 11 is 1.37. The van der Waals surface area contributed by atoms with E-state index >= 15 is 0 Å². The average Bonchev–Trinajstić information content (AvgIpc) is 3.51. The van der Waals surface area contributed by atoms with Gasteiger partial charge in [-0.2, -0.15) is 5.26 Å². The number of carbonyl (C=O) groups is 1. The first kappa shape index (κ1) is 21.6. The van der Waals surface area contributed by atoms with Crippen LogP contribution in [-0.2, 0) is 4.79 Å². The molecule has 3 fully saturated rings. The van der Waals surface area contributed by atoms with Crippen molar-refractivity contribution in [2.45, 2.75) is 37.8 Å². The van der Waals surface area contributed by atoms with Crippen LogP contribution in [0.4, 0.5) is 0 Å². The number of fused-ring (bicyclic) bond motifs is 1. The number of halogens is 1. The molecule has 0 radical (unpaired) electrons. The highest BCUT2D eigenvalue weighted by Crippen LogP contribution is 2.34. The van der Waals surface area contributed by atoms with Crippen molar-refractivity contribution >= 4 is 52.2 Å². The Morgan fingerprint density at radius 2 is 2.06 bits per heavy atom. The molecule has 1 aromatic carbocycles. The molecule has 9 heteroatoms. The number of amidine groups is 1.